The number of hydrogen-bond acceptors (Lipinski definition) is 0. The van der Waals surface area contributed by atoms with Gasteiger partial charge in [0.1, 0.15) is 0 Å². The molecule has 94 valence electrons. The minimum Gasteiger partial charge on any atom is -0.205 e. The summed E-state index contributed by atoms with van der Waals surface area (Å²) in [6, 6.07) is 7.25. The van der Waals surface area contributed by atoms with Crippen molar-refractivity contribution >= 4 is 11.6 Å². The Labute approximate surface area is 106 Å². The topological polar surface area (TPSA) is 0 Å². The summed E-state index contributed by atoms with van der Waals surface area (Å²) in [5.41, 5.74) is -0.321. The van der Waals surface area contributed by atoms with Crippen molar-refractivity contribution in [3.05, 3.63) is 58.6 Å². The zero-order chi connectivity index (χ0) is 13.3. The van der Waals surface area contributed by atoms with E-state index >= 15 is 0 Å². The van der Waals surface area contributed by atoms with Gasteiger partial charge in [0, 0.05) is 16.1 Å². The van der Waals surface area contributed by atoms with Crippen LogP contribution in [0.3, 0.4) is 0 Å². The van der Waals surface area contributed by atoms with Crippen LogP contribution in [0.1, 0.15) is 12.0 Å². The van der Waals surface area contributed by atoms with Crippen LogP contribution in [0.25, 0.3) is 11.1 Å². The normalized spacial score (nSPS) is 11.0. The monoisotopic (exact) mass is 274 g/mol. The van der Waals surface area contributed by atoms with Crippen LogP contribution in [0.5, 0.6) is 0 Å². The second kappa shape index (κ2) is 4.98. The molecule has 18 heavy (non-hydrogen) atoms. The highest BCUT2D eigenvalue weighted by Gasteiger charge is 2.15. The summed E-state index contributed by atoms with van der Waals surface area (Å²) in [6.07, 6.45) is -2.77. The predicted molar refractivity (Wildman–Crippen MR) is 61.8 cm³/mol. The molecule has 0 fully saturated rings. The van der Waals surface area contributed by atoms with Gasteiger partial charge in [-0.2, -0.15) is 0 Å². The summed E-state index contributed by atoms with van der Waals surface area (Å²) in [6.45, 7) is 0. The molecule has 0 aromatic heterocycles. The van der Waals surface area contributed by atoms with Gasteiger partial charge >= 0.3 is 0 Å². The maximum atomic E-state index is 13.5. The molecule has 0 spiro atoms. The number of benzene rings is 2. The largest absolute Gasteiger partial charge is 0.265 e. The number of alkyl halides is 2. The lowest BCUT2D eigenvalue weighted by Gasteiger charge is -2.08. The highest BCUT2D eigenvalue weighted by atomic mass is 35.5. The molecule has 2 aromatic carbocycles. The minimum absolute atomic E-state index is 0.0754. The van der Waals surface area contributed by atoms with E-state index in [-0.39, 0.29) is 16.1 Å². The Balaban J connectivity index is 2.58. The van der Waals surface area contributed by atoms with Gasteiger partial charge in [0.2, 0.25) is 0 Å². The van der Waals surface area contributed by atoms with E-state index < -0.39 is 23.6 Å². The fourth-order valence-electron chi connectivity index (χ4n) is 1.61. The molecule has 0 aliphatic rings. The fraction of sp³-hybridized carbons (Fsp3) is 0.0769. The highest BCUT2D eigenvalue weighted by molar-refractivity contribution is 6.31. The second-order valence-corrected chi connectivity index (χ2v) is 4.05. The molecule has 0 aliphatic heterocycles. The zero-order valence-corrected chi connectivity index (χ0v) is 9.69. The molecule has 0 unspecified atom stereocenters. The summed E-state index contributed by atoms with van der Waals surface area (Å²) in [5.74, 6) is -2.10. The molecule has 2 aromatic rings. The van der Waals surface area contributed by atoms with Crippen molar-refractivity contribution < 1.29 is 17.6 Å². The minimum atomic E-state index is -2.77. The molecule has 0 radical (unpaired) electrons. The van der Waals surface area contributed by atoms with E-state index in [9.17, 15) is 17.6 Å². The smallest absolute Gasteiger partial charge is 0.205 e. The lowest BCUT2D eigenvalue weighted by atomic mass is 10.0. The van der Waals surface area contributed by atoms with E-state index in [0.29, 0.717) is 0 Å². The van der Waals surface area contributed by atoms with Crippen LogP contribution in [-0.2, 0) is 0 Å². The van der Waals surface area contributed by atoms with Crippen molar-refractivity contribution in [1.82, 2.24) is 0 Å². The Kier molecular flexibility index (Phi) is 3.57. The standard InChI is InChI=1S/C13H7ClF4/c14-10-5-4-7(6-9(10)13(17)18)8-2-1-3-11(15)12(8)16/h1-6,13H. The van der Waals surface area contributed by atoms with Crippen molar-refractivity contribution in [2.24, 2.45) is 0 Å². The molecule has 0 atom stereocenters. The van der Waals surface area contributed by atoms with Gasteiger partial charge in [-0.1, -0.05) is 29.8 Å². The van der Waals surface area contributed by atoms with Gasteiger partial charge in [0.25, 0.3) is 6.43 Å². The molecule has 0 nitrogen and oxygen atoms in total. The zero-order valence-electron chi connectivity index (χ0n) is 8.93. The summed E-state index contributed by atoms with van der Waals surface area (Å²) in [5, 5.41) is -0.106. The quantitative estimate of drug-likeness (QED) is 0.658. The van der Waals surface area contributed by atoms with Crippen molar-refractivity contribution in [2.75, 3.05) is 0 Å². The van der Waals surface area contributed by atoms with Crippen LogP contribution in [-0.4, -0.2) is 0 Å². The summed E-state index contributed by atoms with van der Waals surface area (Å²) >= 11 is 5.60. The van der Waals surface area contributed by atoms with E-state index in [1.807, 2.05) is 0 Å². The molecular weight excluding hydrogens is 268 g/mol. The first-order valence-corrected chi connectivity index (χ1v) is 5.40. The molecule has 0 saturated heterocycles. The van der Waals surface area contributed by atoms with Crippen LogP contribution >= 0.6 is 11.6 Å². The first kappa shape index (κ1) is 12.9. The van der Waals surface area contributed by atoms with E-state index in [2.05, 4.69) is 0 Å². The lowest BCUT2D eigenvalue weighted by Crippen LogP contribution is -1.92. The fourth-order valence-corrected chi connectivity index (χ4v) is 1.81. The molecule has 2 rings (SSSR count). The predicted octanol–water partition coefficient (Wildman–Crippen LogP) is 5.22. The average molecular weight is 275 g/mol. The van der Waals surface area contributed by atoms with Crippen LogP contribution < -0.4 is 0 Å². The van der Waals surface area contributed by atoms with E-state index in [1.165, 1.54) is 24.3 Å². The van der Waals surface area contributed by atoms with Crippen LogP contribution in [0.2, 0.25) is 5.02 Å². The Hall–Kier alpha value is -1.55. The SMILES string of the molecule is Fc1cccc(-c2ccc(Cl)c(C(F)F)c2)c1F. The van der Waals surface area contributed by atoms with E-state index in [0.717, 1.165) is 12.1 Å². The maximum Gasteiger partial charge on any atom is 0.265 e. The molecule has 0 bridgehead atoms. The van der Waals surface area contributed by atoms with Crippen molar-refractivity contribution in [3.63, 3.8) is 0 Å². The summed E-state index contributed by atoms with van der Waals surface area (Å²) < 4.78 is 51.9. The third-order valence-corrected chi connectivity index (χ3v) is 2.84. The number of hydrogen-bond donors (Lipinski definition) is 0. The van der Waals surface area contributed by atoms with Gasteiger partial charge in [-0.3, -0.25) is 0 Å². The average Bonchev–Trinajstić information content (AvgIpc) is 2.33. The molecule has 0 heterocycles. The van der Waals surface area contributed by atoms with Crippen LogP contribution in [0, 0.1) is 11.6 Å². The van der Waals surface area contributed by atoms with Crippen LogP contribution in [0.4, 0.5) is 17.6 Å². The van der Waals surface area contributed by atoms with Gasteiger partial charge in [0.05, 0.1) is 0 Å². The number of rotatable bonds is 2. The molecule has 0 aliphatic carbocycles. The van der Waals surface area contributed by atoms with E-state index in [4.69, 9.17) is 11.6 Å². The first-order chi connectivity index (χ1) is 8.50. The second-order valence-electron chi connectivity index (χ2n) is 3.64. The maximum absolute atomic E-state index is 13.5. The Morgan fingerprint density at radius 2 is 1.72 bits per heavy atom. The highest BCUT2D eigenvalue weighted by Crippen LogP contribution is 2.32. The summed E-state index contributed by atoms with van der Waals surface area (Å²) in [4.78, 5) is 0. The van der Waals surface area contributed by atoms with Crippen LogP contribution in [0.15, 0.2) is 36.4 Å². The number of halogens is 5. The van der Waals surface area contributed by atoms with Gasteiger partial charge < -0.3 is 0 Å². The Morgan fingerprint density at radius 1 is 1.00 bits per heavy atom. The van der Waals surface area contributed by atoms with Crippen molar-refractivity contribution in [1.29, 1.82) is 0 Å². The van der Waals surface area contributed by atoms with Gasteiger partial charge in [-0.05, 0) is 23.8 Å². The molecule has 0 amide bonds. The third kappa shape index (κ3) is 2.34. The Bertz CT molecular complexity index is 581. The third-order valence-electron chi connectivity index (χ3n) is 2.49. The summed E-state index contributed by atoms with van der Waals surface area (Å²) in [7, 11) is 0. The van der Waals surface area contributed by atoms with E-state index in [1.54, 1.807) is 0 Å². The molecule has 5 heteroatoms. The van der Waals surface area contributed by atoms with Gasteiger partial charge in [0.15, 0.2) is 11.6 Å². The van der Waals surface area contributed by atoms with Gasteiger partial charge in [-0.25, -0.2) is 17.6 Å². The molecular formula is C13H7ClF4. The van der Waals surface area contributed by atoms with Gasteiger partial charge in [-0.15, -0.1) is 0 Å². The van der Waals surface area contributed by atoms with Crippen molar-refractivity contribution in [2.45, 2.75) is 6.43 Å². The lowest BCUT2D eigenvalue weighted by molar-refractivity contribution is 0.151. The Morgan fingerprint density at radius 3 is 2.39 bits per heavy atom. The van der Waals surface area contributed by atoms with Crippen molar-refractivity contribution in [3.8, 4) is 11.1 Å². The first-order valence-electron chi connectivity index (χ1n) is 5.02. The molecule has 0 saturated carbocycles. The molecule has 0 N–H and O–H groups in total.